The molecule has 3 aromatic carbocycles. The standard InChI is InChI=1S/C26H21N3O6S/c30-25-24(36-26-27-21-8-4-5-9-22(21)28(25)26)17-18-16-19(29(31)32)10-11-23(18)35-15-13-33-12-14-34-20-6-2-1-3-7-20/h1-11,16-17H,12-15H2/b24-17+. The summed E-state index contributed by atoms with van der Waals surface area (Å²) in [6, 6.07) is 21.1. The van der Waals surface area contributed by atoms with Crippen molar-refractivity contribution in [3.8, 4) is 11.5 Å². The van der Waals surface area contributed by atoms with Crippen molar-refractivity contribution in [1.29, 1.82) is 0 Å². The van der Waals surface area contributed by atoms with Crippen LogP contribution in [0, 0.1) is 10.1 Å². The van der Waals surface area contributed by atoms with Gasteiger partial charge in [-0.3, -0.25) is 14.9 Å². The monoisotopic (exact) mass is 503 g/mol. The van der Waals surface area contributed by atoms with Crippen LogP contribution in [0.3, 0.4) is 0 Å². The van der Waals surface area contributed by atoms with E-state index in [0.29, 0.717) is 40.6 Å². The predicted molar refractivity (Wildman–Crippen MR) is 137 cm³/mol. The van der Waals surface area contributed by atoms with Crippen LogP contribution < -0.4 is 19.6 Å². The number of nitrogens with zero attached hydrogens (tertiary/aromatic N) is 3. The Morgan fingerprint density at radius 1 is 0.944 bits per heavy atom. The van der Waals surface area contributed by atoms with Crippen molar-refractivity contribution >= 4 is 39.1 Å². The summed E-state index contributed by atoms with van der Waals surface area (Å²) < 4.78 is 18.9. The Bertz CT molecular complexity index is 1630. The molecule has 0 aliphatic heterocycles. The molecule has 0 unspecified atom stereocenters. The number of non-ortho nitro benzene ring substituents is 1. The predicted octanol–water partition coefficient (Wildman–Crippen LogP) is 3.84. The Morgan fingerprint density at radius 3 is 2.50 bits per heavy atom. The van der Waals surface area contributed by atoms with E-state index in [1.165, 1.54) is 29.5 Å². The lowest BCUT2D eigenvalue weighted by Crippen LogP contribution is -2.22. The number of nitro benzene ring substituents is 1. The van der Waals surface area contributed by atoms with Crippen molar-refractivity contribution in [3.05, 3.63) is 103 Å². The third-order valence-electron chi connectivity index (χ3n) is 5.36. The second-order valence-corrected chi connectivity index (χ2v) is 8.74. The Morgan fingerprint density at radius 2 is 1.69 bits per heavy atom. The van der Waals surface area contributed by atoms with E-state index in [4.69, 9.17) is 14.2 Å². The molecule has 0 atom stereocenters. The zero-order valence-electron chi connectivity index (χ0n) is 19.0. The van der Waals surface area contributed by atoms with Gasteiger partial charge >= 0.3 is 0 Å². The van der Waals surface area contributed by atoms with Gasteiger partial charge in [0.05, 0.1) is 33.7 Å². The van der Waals surface area contributed by atoms with Crippen LogP contribution in [0.1, 0.15) is 5.56 Å². The first kappa shape index (κ1) is 23.5. The van der Waals surface area contributed by atoms with Crippen LogP contribution in [0.15, 0.2) is 77.6 Å². The summed E-state index contributed by atoms with van der Waals surface area (Å²) in [5.74, 6) is 1.19. The summed E-state index contributed by atoms with van der Waals surface area (Å²) in [6.07, 6.45) is 1.60. The van der Waals surface area contributed by atoms with Crippen LogP contribution in [-0.4, -0.2) is 40.7 Å². The third-order valence-corrected chi connectivity index (χ3v) is 6.33. The molecule has 0 radical (unpaired) electrons. The lowest BCUT2D eigenvalue weighted by molar-refractivity contribution is -0.384. The van der Waals surface area contributed by atoms with E-state index in [0.717, 1.165) is 16.8 Å². The van der Waals surface area contributed by atoms with Gasteiger partial charge < -0.3 is 14.2 Å². The second kappa shape index (κ2) is 10.5. The fourth-order valence-corrected chi connectivity index (χ4v) is 4.67. The molecule has 0 aliphatic rings. The third kappa shape index (κ3) is 5.04. The highest BCUT2D eigenvalue weighted by Gasteiger charge is 2.14. The number of ether oxygens (including phenoxy) is 3. The molecule has 0 amide bonds. The number of nitro groups is 1. The van der Waals surface area contributed by atoms with Crippen molar-refractivity contribution in [2.75, 3.05) is 26.4 Å². The van der Waals surface area contributed by atoms with E-state index in [-0.39, 0.29) is 17.9 Å². The zero-order chi connectivity index (χ0) is 24.9. The van der Waals surface area contributed by atoms with Gasteiger partial charge in [0.1, 0.15) is 24.7 Å². The van der Waals surface area contributed by atoms with Crippen molar-refractivity contribution in [2.24, 2.45) is 0 Å². The molecule has 0 saturated heterocycles. The molecule has 9 nitrogen and oxygen atoms in total. The molecule has 0 N–H and O–H groups in total. The Balaban J connectivity index is 1.30. The molecule has 36 heavy (non-hydrogen) atoms. The van der Waals surface area contributed by atoms with Crippen molar-refractivity contribution in [1.82, 2.24) is 9.38 Å². The minimum absolute atomic E-state index is 0.0952. The number of imidazole rings is 1. The SMILES string of the molecule is O=c1/c(=C\c2cc([N+](=O)[O-])ccc2OCCOCCOc2ccccc2)sc2nc3ccccc3n12. The summed E-state index contributed by atoms with van der Waals surface area (Å²) in [7, 11) is 0. The van der Waals surface area contributed by atoms with Crippen molar-refractivity contribution in [2.45, 2.75) is 0 Å². The van der Waals surface area contributed by atoms with Gasteiger partial charge in [0, 0.05) is 17.7 Å². The Kier molecular flexibility index (Phi) is 6.87. The van der Waals surface area contributed by atoms with E-state index in [1.54, 1.807) is 10.5 Å². The maximum atomic E-state index is 13.1. The van der Waals surface area contributed by atoms with E-state index >= 15 is 0 Å². The lowest BCUT2D eigenvalue weighted by Gasteiger charge is -2.10. The van der Waals surface area contributed by atoms with Gasteiger partial charge in [-0.25, -0.2) is 9.38 Å². The van der Waals surface area contributed by atoms with E-state index < -0.39 is 4.92 Å². The van der Waals surface area contributed by atoms with Gasteiger partial charge in [-0.1, -0.05) is 41.7 Å². The van der Waals surface area contributed by atoms with E-state index in [2.05, 4.69) is 4.98 Å². The van der Waals surface area contributed by atoms with Gasteiger partial charge in [-0.2, -0.15) is 0 Å². The van der Waals surface area contributed by atoms with Crippen LogP contribution in [0.2, 0.25) is 0 Å². The molecule has 2 aromatic heterocycles. The smallest absolute Gasteiger partial charge is 0.274 e. The summed E-state index contributed by atoms with van der Waals surface area (Å²) in [6.45, 7) is 1.33. The molecule has 0 spiro atoms. The number of benzene rings is 3. The molecule has 10 heteroatoms. The molecule has 0 bridgehead atoms. The molecule has 2 heterocycles. The van der Waals surface area contributed by atoms with E-state index in [1.807, 2.05) is 54.6 Å². The summed E-state index contributed by atoms with van der Waals surface area (Å²) in [5, 5.41) is 11.3. The first-order chi connectivity index (χ1) is 17.6. The van der Waals surface area contributed by atoms with Crippen LogP contribution in [0.4, 0.5) is 5.69 Å². The maximum Gasteiger partial charge on any atom is 0.274 e. The van der Waals surface area contributed by atoms with Gasteiger partial charge in [-0.05, 0) is 36.4 Å². The van der Waals surface area contributed by atoms with Gasteiger partial charge in [0.25, 0.3) is 11.2 Å². The molecule has 182 valence electrons. The summed E-state index contributed by atoms with van der Waals surface area (Å²) in [4.78, 5) is 29.0. The molecule has 0 aliphatic carbocycles. The number of thiazole rings is 1. The average Bonchev–Trinajstić information content (AvgIpc) is 3.40. The Labute approximate surface area is 208 Å². The van der Waals surface area contributed by atoms with Crippen LogP contribution in [0.5, 0.6) is 11.5 Å². The highest BCUT2D eigenvalue weighted by atomic mass is 32.1. The number of fused-ring (bicyclic) bond motifs is 3. The van der Waals surface area contributed by atoms with E-state index in [9.17, 15) is 14.9 Å². The molecule has 0 fully saturated rings. The first-order valence-electron chi connectivity index (χ1n) is 11.2. The average molecular weight is 504 g/mol. The fourth-order valence-electron chi connectivity index (χ4n) is 3.69. The van der Waals surface area contributed by atoms with Crippen molar-refractivity contribution in [3.63, 3.8) is 0 Å². The Hall–Kier alpha value is -4.28. The largest absolute Gasteiger partial charge is 0.491 e. The number of hydrogen-bond donors (Lipinski definition) is 0. The number of rotatable bonds is 10. The second-order valence-electron chi connectivity index (χ2n) is 7.74. The topological polar surface area (TPSA) is 105 Å². The highest BCUT2D eigenvalue weighted by Crippen LogP contribution is 2.25. The number of aromatic nitrogens is 2. The first-order valence-corrected chi connectivity index (χ1v) is 12.0. The molecule has 5 aromatic rings. The quantitative estimate of drug-likeness (QED) is 0.162. The lowest BCUT2D eigenvalue weighted by atomic mass is 10.1. The zero-order valence-corrected chi connectivity index (χ0v) is 19.8. The minimum atomic E-state index is -0.482. The molecular formula is C26H21N3O6S. The number of hydrogen-bond acceptors (Lipinski definition) is 8. The maximum absolute atomic E-state index is 13.1. The van der Waals surface area contributed by atoms with Gasteiger partial charge in [0.2, 0.25) is 0 Å². The van der Waals surface area contributed by atoms with Gasteiger partial charge in [0.15, 0.2) is 4.96 Å². The van der Waals surface area contributed by atoms with Crippen molar-refractivity contribution < 1.29 is 19.1 Å². The normalized spacial score (nSPS) is 11.8. The van der Waals surface area contributed by atoms with Gasteiger partial charge in [-0.15, -0.1) is 0 Å². The molecule has 0 saturated carbocycles. The van der Waals surface area contributed by atoms with Crippen LogP contribution in [-0.2, 0) is 4.74 Å². The molecular weight excluding hydrogens is 482 g/mol. The fraction of sp³-hybridized carbons (Fsp3) is 0.154. The van der Waals surface area contributed by atoms with Crippen LogP contribution in [0.25, 0.3) is 22.1 Å². The number of para-hydroxylation sites is 3. The molecule has 5 rings (SSSR count). The van der Waals surface area contributed by atoms with Crippen LogP contribution >= 0.6 is 11.3 Å². The minimum Gasteiger partial charge on any atom is -0.491 e. The summed E-state index contributed by atoms with van der Waals surface area (Å²) in [5.41, 5.74) is 1.56. The summed E-state index contributed by atoms with van der Waals surface area (Å²) >= 11 is 1.22. The highest BCUT2D eigenvalue weighted by molar-refractivity contribution is 7.15.